The maximum Gasteiger partial charge on any atom is 0.243 e. The Balaban J connectivity index is 0.000000225. The van der Waals surface area contributed by atoms with E-state index >= 15 is 0 Å². The van der Waals surface area contributed by atoms with E-state index in [1.165, 1.54) is 24.7 Å². The Bertz CT molecular complexity index is 854. The van der Waals surface area contributed by atoms with E-state index < -0.39 is 11.7 Å². The van der Waals surface area contributed by atoms with Crippen molar-refractivity contribution in [3.63, 3.8) is 0 Å². The second-order valence-electron chi connectivity index (χ2n) is 8.23. The first-order valence-electron chi connectivity index (χ1n) is 10.2. The molecular formula is C22H31F2N5O2. The zero-order valence-corrected chi connectivity index (χ0v) is 18.4. The number of likely N-dealkylation sites (tertiary alicyclic amines) is 1. The smallest absolute Gasteiger partial charge is 0.243 e. The fourth-order valence-electron chi connectivity index (χ4n) is 3.41. The number of benzene rings is 1. The van der Waals surface area contributed by atoms with Crippen LogP contribution in [0.15, 0.2) is 30.5 Å². The van der Waals surface area contributed by atoms with E-state index in [-0.39, 0.29) is 17.8 Å². The summed E-state index contributed by atoms with van der Waals surface area (Å²) in [6.07, 6.45) is 3.82. The molecule has 3 rings (SSSR count). The van der Waals surface area contributed by atoms with Gasteiger partial charge in [-0.3, -0.25) is 14.3 Å². The predicted molar refractivity (Wildman–Crippen MR) is 115 cm³/mol. The predicted octanol–water partition coefficient (Wildman–Crippen LogP) is 2.54. The standard InChI is InChI=1S/C12H12FN3O.C10H19FN2O/c1-16-12(11(13)7-15-16)10-4-2-9(3-5-10)6-14-8-17;1-7-5-4-6-13(7)9(14)8(12)10(2,3)11/h2-5,7-8H,6H2,1H3,(H,14,17);7-8H,4-6,12H2,1-3H3. The highest BCUT2D eigenvalue weighted by Crippen LogP contribution is 2.22. The lowest BCUT2D eigenvalue weighted by Gasteiger charge is -2.29. The quantitative estimate of drug-likeness (QED) is 0.682. The molecule has 7 nitrogen and oxygen atoms in total. The number of carbonyl (C=O) groups is 2. The van der Waals surface area contributed by atoms with Gasteiger partial charge in [-0.15, -0.1) is 0 Å². The maximum absolute atomic E-state index is 13.5. The summed E-state index contributed by atoms with van der Waals surface area (Å²) in [6.45, 7) is 5.84. The number of nitrogens with zero attached hydrogens (tertiary/aromatic N) is 3. The third kappa shape index (κ3) is 6.33. The van der Waals surface area contributed by atoms with Gasteiger partial charge in [-0.2, -0.15) is 5.10 Å². The maximum atomic E-state index is 13.5. The summed E-state index contributed by atoms with van der Waals surface area (Å²) >= 11 is 0. The number of rotatable bonds is 6. The number of aryl methyl sites for hydroxylation is 1. The molecule has 2 amide bonds. The summed E-state index contributed by atoms with van der Waals surface area (Å²) in [5.74, 6) is -0.603. The monoisotopic (exact) mass is 435 g/mol. The first-order chi connectivity index (χ1) is 14.6. The van der Waals surface area contributed by atoms with Crippen LogP contribution < -0.4 is 11.1 Å². The van der Waals surface area contributed by atoms with Crippen LogP contribution in [0.1, 0.15) is 39.2 Å². The Hall–Kier alpha value is -2.81. The van der Waals surface area contributed by atoms with Crippen molar-refractivity contribution < 1.29 is 18.4 Å². The van der Waals surface area contributed by atoms with Crippen LogP contribution in [0.4, 0.5) is 8.78 Å². The third-order valence-electron chi connectivity index (χ3n) is 5.35. The summed E-state index contributed by atoms with van der Waals surface area (Å²) < 4.78 is 28.4. The van der Waals surface area contributed by atoms with Gasteiger partial charge in [0.05, 0.1) is 6.20 Å². The molecule has 31 heavy (non-hydrogen) atoms. The molecule has 1 aromatic carbocycles. The number of halogens is 2. The highest BCUT2D eigenvalue weighted by Gasteiger charge is 2.37. The number of alkyl halides is 1. The van der Waals surface area contributed by atoms with Crippen LogP contribution in [0.25, 0.3) is 11.3 Å². The lowest BCUT2D eigenvalue weighted by Crippen LogP contribution is -2.53. The second kappa shape index (κ2) is 10.5. The van der Waals surface area contributed by atoms with Gasteiger partial charge in [0.25, 0.3) is 0 Å². The normalized spacial score (nSPS) is 17.0. The minimum Gasteiger partial charge on any atom is -0.355 e. The molecule has 2 atom stereocenters. The van der Waals surface area contributed by atoms with E-state index in [0.29, 0.717) is 25.2 Å². The van der Waals surface area contributed by atoms with Gasteiger partial charge in [0.15, 0.2) is 5.82 Å². The molecule has 170 valence electrons. The molecule has 0 spiro atoms. The Morgan fingerprint density at radius 2 is 2.03 bits per heavy atom. The topological polar surface area (TPSA) is 93.2 Å². The van der Waals surface area contributed by atoms with Crippen LogP contribution in [0.5, 0.6) is 0 Å². The van der Waals surface area contributed by atoms with E-state index in [4.69, 9.17) is 5.73 Å². The molecule has 1 aromatic heterocycles. The molecule has 1 fully saturated rings. The van der Waals surface area contributed by atoms with Crippen molar-refractivity contribution in [3.8, 4) is 11.3 Å². The molecule has 2 aromatic rings. The van der Waals surface area contributed by atoms with E-state index in [1.807, 2.05) is 31.2 Å². The zero-order chi connectivity index (χ0) is 23.2. The van der Waals surface area contributed by atoms with Crippen LogP contribution in [0, 0.1) is 5.82 Å². The van der Waals surface area contributed by atoms with Crippen molar-refractivity contribution in [3.05, 3.63) is 41.8 Å². The van der Waals surface area contributed by atoms with E-state index in [9.17, 15) is 18.4 Å². The number of hydrogen-bond donors (Lipinski definition) is 2. The number of aromatic nitrogens is 2. The van der Waals surface area contributed by atoms with Crippen LogP contribution in [0.3, 0.4) is 0 Å². The zero-order valence-electron chi connectivity index (χ0n) is 18.4. The Kier molecular flexibility index (Phi) is 8.27. The summed E-state index contributed by atoms with van der Waals surface area (Å²) in [4.78, 5) is 23.6. The summed E-state index contributed by atoms with van der Waals surface area (Å²) in [5, 5.41) is 6.42. The number of nitrogens with two attached hydrogens (primary N) is 1. The van der Waals surface area contributed by atoms with Crippen molar-refractivity contribution in [1.29, 1.82) is 0 Å². The summed E-state index contributed by atoms with van der Waals surface area (Å²) in [7, 11) is 1.69. The average molecular weight is 436 g/mol. The van der Waals surface area contributed by atoms with E-state index in [1.54, 1.807) is 11.9 Å². The van der Waals surface area contributed by atoms with Crippen LogP contribution in [0.2, 0.25) is 0 Å². The number of carbonyl (C=O) groups excluding carboxylic acids is 2. The van der Waals surface area contributed by atoms with E-state index in [0.717, 1.165) is 24.0 Å². The van der Waals surface area contributed by atoms with Crippen molar-refractivity contribution in [2.24, 2.45) is 12.8 Å². The molecular weight excluding hydrogens is 404 g/mol. The molecule has 0 saturated carbocycles. The van der Waals surface area contributed by atoms with Gasteiger partial charge in [0.1, 0.15) is 17.4 Å². The van der Waals surface area contributed by atoms with Gasteiger partial charge in [-0.05, 0) is 39.2 Å². The van der Waals surface area contributed by atoms with Gasteiger partial charge < -0.3 is 16.0 Å². The SMILES string of the molecule is CC1CCCN1C(=O)C(N)C(C)(C)F.Cn1ncc(F)c1-c1ccc(CNC=O)cc1. The Morgan fingerprint density at radius 1 is 1.39 bits per heavy atom. The molecule has 0 bridgehead atoms. The second-order valence-corrected chi connectivity index (χ2v) is 8.23. The van der Waals surface area contributed by atoms with Gasteiger partial charge in [-0.1, -0.05) is 24.3 Å². The highest BCUT2D eigenvalue weighted by atomic mass is 19.1. The highest BCUT2D eigenvalue weighted by molar-refractivity contribution is 5.83. The fourth-order valence-corrected chi connectivity index (χ4v) is 3.41. The van der Waals surface area contributed by atoms with Crippen LogP contribution >= 0.6 is 0 Å². The minimum atomic E-state index is -1.64. The summed E-state index contributed by atoms with van der Waals surface area (Å²) in [5.41, 5.74) is 6.11. The average Bonchev–Trinajstić information content (AvgIpc) is 3.30. The number of nitrogens with one attached hydrogen (secondary N) is 1. The van der Waals surface area contributed by atoms with Gasteiger partial charge in [0, 0.05) is 31.7 Å². The van der Waals surface area contributed by atoms with Gasteiger partial charge in [0.2, 0.25) is 12.3 Å². The lowest BCUT2D eigenvalue weighted by atomic mass is 10.0. The first kappa shape index (κ1) is 24.5. The molecule has 1 aliphatic rings. The molecule has 3 N–H and O–H groups in total. The van der Waals surface area contributed by atoms with Crippen molar-refractivity contribution in [1.82, 2.24) is 20.0 Å². The molecule has 1 aliphatic heterocycles. The Labute approximate surface area is 181 Å². The number of hydrogen-bond acceptors (Lipinski definition) is 4. The number of amides is 2. The molecule has 2 unspecified atom stereocenters. The van der Waals surface area contributed by atoms with Crippen LogP contribution in [-0.2, 0) is 23.2 Å². The molecule has 2 heterocycles. The lowest BCUT2D eigenvalue weighted by molar-refractivity contribution is -0.136. The fraction of sp³-hybridized carbons (Fsp3) is 0.500. The van der Waals surface area contributed by atoms with Crippen LogP contribution in [-0.4, -0.2) is 51.3 Å². The van der Waals surface area contributed by atoms with Crippen molar-refractivity contribution >= 4 is 12.3 Å². The van der Waals surface area contributed by atoms with Gasteiger partial charge in [-0.25, -0.2) is 8.78 Å². The van der Waals surface area contributed by atoms with Gasteiger partial charge >= 0.3 is 0 Å². The molecule has 0 radical (unpaired) electrons. The van der Waals surface area contributed by atoms with E-state index in [2.05, 4.69) is 10.4 Å². The first-order valence-corrected chi connectivity index (χ1v) is 10.2. The largest absolute Gasteiger partial charge is 0.355 e. The molecule has 9 heteroatoms. The molecule has 1 saturated heterocycles. The summed E-state index contributed by atoms with van der Waals surface area (Å²) in [6, 6.07) is 6.47. The van der Waals surface area contributed by atoms with Crippen molar-refractivity contribution in [2.75, 3.05) is 6.54 Å². The minimum absolute atomic E-state index is 0.205. The molecule has 0 aliphatic carbocycles. The Morgan fingerprint density at radius 3 is 2.48 bits per heavy atom. The van der Waals surface area contributed by atoms with Crippen molar-refractivity contribution in [2.45, 2.75) is 57.9 Å². The third-order valence-corrected chi connectivity index (χ3v) is 5.35.